The summed E-state index contributed by atoms with van der Waals surface area (Å²) in [4.78, 5) is 39.7. The van der Waals surface area contributed by atoms with Crippen LogP contribution in [-0.2, 0) is 14.6 Å². The number of amides is 3. The number of carbonyl (C=O) groups is 3. The Balaban J connectivity index is 1.85. The molecule has 0 saturated carbocycles. The number of carbonyl (C=O) groups excluding carboxylic acids is 2. The highest BCUT2D eigenvalue weighted by Crippen LogP contribution is 2.41. The monoisotopic (exact) mass is 654 g/mol. The number of rotatable bonds is 12. The molecule has 0 spiro atoms. The Labute approximate surface area is 267 Å². The van der Waals surface area contributed by atoms with E-state index >= 15 is 0 Å². The second-order valence-electron chi connectivity index (χ2n) is 11.0. The Kier molecular flexibility index (Phi) is 10.3. The molecule has 1 heterocycles. The van der Waals surface area contributed by atoms with Crippen LogP contribution in [0, 0.1) is 0 Å². The number of hydrogen-bond acceptors (Lipinski definition) is 9. The number of methoxy groups -OCH3 is 3. The fourth-order valence-electron chi connectivity index (χ4n) is 5.47. The lowest BCUT2D eigenvalue weighted by Crippen LogP contribution is -2.38. The van der Waals surface area contributed by atoms with E-state index < -0.39 is 45.1 Å². The van der Waals surface area contributed by atoms with Gasteiger partial charge in [0.1, 0.15) is 11.8 Å². The van der Waals surface area contributed by atoms with Gasteiger partial charge in [0.15, 0.2) is 21.3 Å². The summed E-state index contributed by atoms with van der Waals surface area (Å²) in [6.45, 7) is 3.43. The number of ether oxygens (including phenoxy) is 3. The molecule has 1 aliphatic heterocycles. The van der Waals surface area contributed by atoms with E-state index in [1.807, 2.05) is 0 Å². The van der Waals surface area contributed by atoms with Crippen LogP contribution in [-0.4, -0.2) is 69.5 Å². The summed E-state index contributed by atoms with van der Waals surface area (Å²) in [6.07, 6.45) is -0.305. The van der Waals surface area contributed by atoms with Gasteiger partial charge < -0.3 is 35.3 Å². The van der Waals surface area contributed by atoms with Gasteiger partial charge >= 0.3 is 6.09 Å². The molecule has 0 aliphatic carbocycles. The minimum atomic E-state index is -3.81. The third-order valence-corrected chi connectivity index (χ3v) is 10.0. The molecule has 3 aromatic carbocycles. The maximum atomic E-state index is 14.6. The normalized spacial score (nSPS) is 15.3. The van der Waals surface area contributed by atoms with Crippen LogP contribution >= 0.6 is 0 Å². The number of sulfone groups is 1. The Morgan fingerprint density at radius 1 is 0.935 bits per heavy atom. The van der Waals surface area contributed by atoms with Gasteiger partial charge in [0.05, 0.1) is 37.5 Å². The van der Waals surface area contributed by atoms with Crippen molar-refractivity contribution in [1.29, 1.82) is 0 Å². The molecule has 1 aliphatic rings. The summed E-state index contributed by atoms with van der Waals surface area (Å²) in [7, 11) is 0.584. The standard InChI is InChI=1S/C32H38N4O9S/c1-18(2)46(41,42)28-11-9-21(35-32(39)40)17-24(28)25-7-6-12-36(25)31(38)29(19-8-10-26(44-4)27(15-19)45-5)34-22-13-20(30(33)37)14-23(16-22)43-3/h8-11,13-18,25,29,34-35H,6-7,12H2,1-5H3,(H2,33,37)(H,39,40)/t25-,29-/m1/s1. The molecule has 0 unspecified atom stereocenters. The first-order valence-electron chi connectivity index (χ1n) is 14.5. The molecule has 2 atom stereocenters. The molecule has 14 heteroatoms. The Morgan fingerprint density at radius 3 is 2.26 bits per heavy atom. The SMILES string of the molecule is COc1cc(N[C@@H](C(=O)N2CCC[C@@H]2c2cc(NC(=O)O)ccc2S(=O)(=O)C(C)C)c2ccc(OC)c(OC)c2)cc(C(N)=O)c1. The zero-order valence-corrected chi connectivity index (χ0v) is 27.0. The van der Waals surface area contributed by atoms with Crippen molar-refractivity contribution in [2.75, 3.05) is 38.5 Å². The second kappa shape index (κ2) is 14.0. The fourth-order valence-corrected chi connectivity index (χ4v) is 6.76. The van der Waals surface area contributed by atoms with Gasteiger partial charge in [-0.15, -0.1) is 0 Å². The summed E-state index contributed by atoms with van der Waals surface area (Å²) in [5.41, 5.74) is 7.06. The third-order valence-electron chi connectivity index (χ3n) is 7.81. The number of benzene rings is 3. The molecule has 1 fully saturated rings. The van der Waals surface area contributed by atoms with E-state index in [2.05, 4.69) is 10.6 Å². The van der Waals surface area contributed by atoms with Crippen LogP contribution in [0.25, 0.3) is 0 Å². The van der Waals surface area contributed by atoms with Gasteiger partial charge in [-0.05, 0) is 80.3 Å². The summed E-state index contributed by atoms with van der Waals surface area (Å²) in [6, 6.07) is 12.1. The minimum Gasteiger partial charge on any atom is -0.497 e. The van der Waals surface area contributed by atoms with Crippen molar-refractivity contribution in [3.8, 4) is 17.2 Å². The minimum absolute atomic E-state index is 0.0256. The van der Waals surface area contributed by atoms with E-state index in [9.17, 15) is 27.9 Å². The summed E-state index contributed by atoms with van der Waals surface area (Å²) >= 11 is 0. The smallest absolute Gasteiger partial charge is 0.409 e. The summed E-state index contributed by atoms with van der Waals surface area (Å²) in [5, 5.41) is 14.1. The Bertz CT molecular complexity index is 1740. The van der Waals surface area contributed by atoms with Gasteiger partial charge in [-0.3, -0.25) is 14.9 Å². The lowest BCUT2D eigenvalue weighted by molar-refractivity contribution is -0.133. The predicted molar refractivity (Wildman–Crippen MR) is 172 cm³/mol. The van der Waals surface area contributed by atoms with Crippen LogP contribution in [0.1, 0.15) is 60.3 Å². The molecular formula is C32H38N4O9S. The van der Waals surface area contributed by atoms with Crippen LogP contribution in [0.3, 0.4) is 0 Å². The van der Waals surface area contributed by atoms with Gasteiger partial charge in [0, 0.05) is 29.5 Å². The van der Waals surface area contributed by atoms with Crippen molar-refractivity contribution >= 4 is 39.1 Å². The van der Waals surface area contributed by atoms with Crippen LogP contribution in [0.4, 0.5) is 16.2 Å². The number of nitrogens with zero attached hydrogens (tertiary/aromatic N) is 1. The van der Waals surface area contributed by atoms with Crippen molar-refractivity contribution in [1.82, 2.24) is 4.90 Å². The van der Waals surface area contributed by atoms with Gasteiger partial charge in [-0.2, -0.15) is 0 Å². The molecule has 1 saturated heterocycles. The number of nitrogens with two attached hydrogens (primary N) is 1. The first kappa shape index (κ1) is 33.9. The molecule has 4 rings (SSSR count). The molecule has 3 amide bonds. The largest absolute Gasteiger partial charge is 0.497 e. The molecular weight excluding hydrogens is 616 g/mol. The summed E-state index contributed by atoms with van der Waals surface area (Å²) in [5.74, 6) is 0.0635. The second-order valence-corrected chi connectivity index (χ2v) is 13.4. The molecule has 5 N–H and O–H groups in total. The van der Waals surface area contributed by atoms with Gasteiger partial charge in [-0.25, -0.2) is 13.2 Å². The number of anilines is 2. The van der Waals surface area contributed by atoms with Gasteiger partial charge in [0.2, 0.25) is 11.8 Å². The average molecular weight is 655 g/mol. The van der Waals surface area contributed by atoms with E-state index in [0.717, 1.165) is 0 Å². The molecule has 0 bridgehead atoms. The highest BCUT2D eigenvalue weighted by molar-refractivity contribution is 7.92. The number of nitrogens with one attached hydrogen (secondary N) is 2. The molecule has 3 aromatic rings. The highest BCUT2D eigenvalue weighted by Gasteiger charge is 2.38. The van der Waals surface area contributed by atoms with Crippen LogP contribution in [0.15, 0.2) is 59.5 Å². The number of primary amides is 1. The topological polar surface area (TPSA) is 187 Å². The van der Waals surface area contributed by atoms with Crippen molar-refractivity contribution in [2.45, 2.75) is 48.9 Å². The maximum absolute atomic E-state index is 14.6. The van der Waals surface area contributed by atoms with E-state index in [0.29, 0.717) is 53.4 Å². The maximum Gasteiger partial charge on any atom is 0.409 e. The molecule has 246 valence electrons. The van der Waals surface area contributed by atoms with Crippen molar-refractivity contribution in [3.63, 3.8) is 0 Å². The Morgan fingerprint density at radius 2 is 1.65 bits per heavy atom. The first-order chi connectivity index (χ1) is 21.8. The number of carboxylic acid groups (broad SMARTS) is 1. The zero-order valence-electron chi connectivity index (χ0n) is 26.2. The molecule has 0 radical (unpaired) electrons. The van der Waals surface area contributed by atoms with E-state index in [1.54, 1.807) is 43.0 Å². The number of hydrogen-bond donors (Lipinski definition) is 4. The van der Waals surface area contributed by atoms with Crippen LogP contribution in [0.2, 0.25) is 0 Å². The van der Waals surface area contributed by atoms with Crippen molar-refractivity contribution < 1.29 is 42.1 Å². The molecule has 13 nitrogen and oxygen atoms in total. The summed E-state index contributed by atoms with van der Waals surface area (Å²) < 4.78 is 43.2. The lowest BCUT2D eigenvalue weighted by atomic mass is 10.00. The Hall–Kier alpha value is -4.98. The lowest BCUT2D eigenvalue weighted by Gasteiger charge is -2.32. The van der Waals surface area contributed by atoms with Crippen LogP contribution < -0.4 is 30.6 Å². The van der Waals surface area contributed by atoms with Crippen LogP contribution in [0.5, 0.6) is 17.2 Å². The van der Waals surface area contributed by atoms with E-state index in [4.69, 9.17) is 19.9 Å². The average Bonchev–Trinajstić information content (AvgIpc) is 3.52. The number of likely N-dealkylation sites (tertiary alicyclic amines) is 1. The van der Waals surface area contributed by atoms with E-state index in [-0.39, 0.29) is 16.1 Å². The highest BCUT2D eigenvalue weighted by atomic mass is 32.2. The van der Waals surface area contributed by atoms with Gasteiger partial charge in [0.25, 0.3) is 0 Å². The third kappa shape index (κ3) is 7.12. The molecule has 0 aromatic heterocycles. The predicted octanol–water partition coefficient (Wildman–Crippen LogP) is 4.60. The van der Waals surface area contributed by atoms with Gasteiger partial charge in [-0.1, -0.05) is 6.07 Å². The fraction of sp³-hybridized carbons (Fsp3) is 0.344. The molecule has 46 heavy (non-hydrogen) atoms. The quantitative estimate of drug-likeness (QED) is 0.215. The van der Waals surface area contributed by atoms with E-state index in [1.165, 1.54) is 51.7 Å². The first-order valence-corrected chi connectivity index (χ1v) is 16.0. The van der Waals surface area contributed by atoms with Crippen molar-refractivity contribution in [3.05, 3.63) is 71.3 Å². The zero-order chi connectivity index (χ0) is 33.8. The van der Waals surface area contributed by atoms with Crippen molar-refractivity contribution in [2.24, 2.45) is 5.73 Å².